The summed E-state index contributed by atoms with van der Waals surface area (Å²) in [5.41, 5.74) is -0.949. The third kappa shape index (κ3) is 3.36. The smallest absolute Gasteiger partial charge is 0.262 e. The molecule has 148 valence electrons. The van der Waals surface area contributed by atoms with E-state index in [0.717, 1.165) is 7.11 Å². The van der Waals surface area contributed by atoms with Crippen molar-refractivity contribution in [2.24, 2.45) is 0 Å². The largest absolute Gasteiger partial charge is 0.479 e. The first kappa shape index (κ1) is 18.7. The maximum Gasteiger partial charge on any atom is 0.262 e. The lowest BCUT2D eigenvalue weighted by atomic mass is 10.1. The van der Waals surface area contributed by atoms with Crippen molar-refractivity contribution >= 4 is 21.4 Å². The van der Waals surface area contributed by atoms with Gasteiger partial charge in [0.2, 0.25) is 11.8 Å². The predicted molar refractivity (Wildman–Crippen MR) is 99.9 cm³/mol. The van der Waals surface area contributed by atoms with E-state index in [0.29, 0.717) is 5.65 Å². The molecule has 1 N–H and O–H groups in total. The Balaban J connectivity index is 1.87. The standard InChI is InChI=1S/C18H13F2N5O3S/c1-28-18-16(24-29(26,27)11-5-3-2-4-6-11)15(19)14(17(20)23-18)12-8-10-25-13(22-12)7-9-21-25/h2-10,24H,1H3. The summed E-state index contributed by atoms with van der Waals surface area (Å²) in [6.45, 7) is 0. The first-order valence-electron chi connectivity index (χ1n) is 8.22. The van der Waals surface area contributed by atoms with Gasteiger partial charge in [-0.3, -0.25) is 4.72 Å². The van der Waals surface area contributed by atoms with E-state index in [-0.39, 0.29) is 10.6 Å². The lowest BCUT2D eigenvalue weighted by Crippen LogP contribution is -2.16. The lowest BCUT2D eigenvalue weighted by Gasteiger charge is -2.15. The summed E-state index contributed by atoms with van der Waals surface area (Å²) in [6.07, 6.45) is 2.94. The predicted octanol–water partition coefficient (Wildman–Crippen LogP) is 2.88. The van der Waals surface area contributed by atoms with Gasteiger partial charge < -0.3 is 4.74 Å². The van der Waals surface area contributed by atoms with E-state index in [2.05, 4.69) is 19.8 Å². The molecule has 11 heteroatoms. The molecule has 4 aromatic rings. The molecule has 4 rings (SSSR count). The number of pyridine rings is 1. The second kappa shape index (κ2) is 7.09. The van der Waals surface area contributed by atoms with Crippen LogP contribution in [0.2, 0.25) is 0 Å². The van der Waals surface area contributed by atoms with Gasteiger partial charge in [0.25, 0.3) is 10.0 Å². The SMILES string of the molecule is COc1nc(F)c(-c2ccn3nccc3n2)c(F)c1NS(=O)(=O)c1ccccc1. The number of benzene rings is 1. The van der Waals surface area contributed by atoms with Crippen LogP contribution in [0.3, 0.4) is 0 Å². The normalized spacial score (nSPS) is 11.6. The van der Waals surface area contributed by atoms with Crippen molar-refractivity contribution in [2.45, 2.75) is 4.90 Å². The molecular formula is C18H13F2N5O3S. The van der Waals surface area contributed by atoms with Crippen LogP contribution < -0.4 is 9.46 Å². The molecule has 29 heavy (non-hydrogen) atoms. The van der Waals surface area contributed by atoms with Crippen molar-refractivity contribution in [1.82, 2.24) is 19.6 Å². The van der Waals surface area contributed by atoms with Gasteiger partial charge in [0.1, 0.15) is 5.69 Å². The third-order valence-corrected chi connectivity index (χ3v) is 5.42. The monoisotopic (exact) mass is 417 g/mol. The van der Waals surface area contributed by atoms with Crippen LogP contribution in [-0.2, 0) is 10.0 Å². The molecule has 3 aromatic heterocycles. The Kier molecular flexibility index (Phi) is 4.59. The molecule has 1 aromatic carbocycles. The number of hydrogen-bond acceptors (Lipinski definition) is 6. The summed E-state index contributed by atoms with van der Waals surface area (Å²) in [6, 6.07) is 10.2. The van der Waals surface area contributed by atoms with E-state index < -0.39 is 38.9 Å². The van der Waals surface area contributed by atoms with Crippen molar-refractivity contribution < 1.29 is 21.9 Å². The van der Waals surface area contributed by atoms with E-state index in [1.165, 1.54) is 47.2 Å². The molecule has 0 aliphatic heterocycles. The minimum Gasteiger partial charge on any atom is -0.479 e. The van der Waals surface area contributed by atoms with Crippen LogP contribution in [0.15, 0.2) is 59.8 Å². The molecule has 0 spiro atoms. The van der Waals surface area contributed by atoms with E-state index >= 15 is 4.39 Å². The molecule has 0 unspecified atom stereocenters. The van der Waals surface area contributed by atoms with Crippen LogP contribution in [0.5, 0.6) is 5.88 Å². The molecule has 0 atom stereocenters. The Labute approximate surface area is 163 Å². The average molecular weight is 417 g/mol. The van der Waals surface area contributed by atoms with Crippen LogP contribution in [0.25, 0.3) is 16.9 Å². The van der Waals surface area contributed by atoms with Gasteiger partial charge in [-0.05, 0) is 18.2 Å². The van der Waals surface area contributed by atoms with Crippen LogP contribution in [0.4, 0.5) is 14.5 Å². The third-order valence-electron chi connectivity index (χ3n) is 4.06. The van der Waals surface area contributed by atoms with Gasteiger partial charge in [0.15, 0.2) is 11.5 Å². The number of sulfonamides is 1. The minimum absolute atomic E-state index is 0.0803. The van der Waals surface area contributed by atoms with Gasteiger partial charge in [0.05, 0.1) is 29.5 Å². The number of nitrogens with one attached hydrogen (secondary N) is 1. The van der Waals surface area contributed by atoms with Gasteiger partial charge in [0, 0.05) is 12.3 Å². The summed E-state index contributed by atoms with van der Waals surface area (Å²) in [5, 5.41) is 3.96. The van der Waals surface area contributed by atoms with Gasteiger partial charge in [-0.15, -0.1) is 0 Å². The second-order valence-corrected chi connectivity index (χ2v) is 7.52. The van der Waals surface area contributed by atoms with E-state index in [4.69, 9.17) is 4.74 Å². The molecule has 0 aliphatic carbocycles. The first-order valence-corrected chi connectivity index (χ1v) is 9.70. The molecule has 0 saturated heterocycles. The van der Waals surface area contributed by atoms with E-state index in [1.807, 2.05) is 0 Å². The maximum absolute atomic E-state index is 15.3. The number of nitrogens with zero attached hydrogens (tertiary/aromatic N) is 4. The number of anilines is 1. The molecule has 8 nitrogen and oxygen atoms in total. The number of aromatic nitrogens is 4. The Bertz CT molecular complexity index is 1310. The lowest BCUT2D eigenvalue weighted by molar-refractivity contribution is 0.386. The number of fused-ring (bicyclic) bond motifs is 1. The molecule has 0 radical (unpaired) electrons. The van der Waals surface area contributed by atoms with Crippen LogP contribution >= 0.6 is 0 Å². The Morgan fingerprint density at radius 1 is 1.07 bits per heavy atom. The summed E-state index contributed by atoms with van der Waals surface area (Å²) in [7, 11) is -3.05. The number of halogens is 2. The highest BCUT2D eigenvalue weighted by Gasteiger charge is 2.27. The van der Waals surface area contributed by atoms with Crippen LogP contribution in [-0.4, -0.2) is 35.1 Å². The maximum atomic E-state index is 15.3. The summed E-state index contributed by atoms with van der Waals surface area (Å²) >= 11 is 0. The highest BCUT2D eigenvalue weighted by atomic mass is 32.2. The fraction of sp³-hybridized carbons (Fsp3) is 0.0556. The van der Waals surface area contributed by atoms with Crippen molar-refractivity contribution in [2.75, 3.05) is 11.8 Å². The molecule has 0 amide bonds. The first-order chi connectivity index (χ1) is 13.9. The van der Waals surface area contributed by atoms with Gasteiger partial charge in [-0.25, -0.2) is 22.3 Å². The molecular weight excluding hydrogens is 404 g/mol. The minimum atomic E-state index is -4.17. The fourth-order valence-electron chi connectivity index (χ4n) is 2.71. The number of rotatable bonds is 5. The Morgan fingerprint density at radius 2 is 1.83 bits per heavy atom. The summed E-state index contributed by atoms with van der Waals surface area (Å²) < 4.78 is 63.5. The zero-order valence-electron chi connectivity index (χ0n) is 14.9. The number of ether oxygens (including phenoxy) is 1. The fourth-order valence-corrected chi connectivity index (χ4v) is 3.79. The zero-order chi connectivity index (χ0) is 20.6. The molecule has 3 heterocycles. The molecule has 0 bridgehead atoms. The quantitative estimate of drug-likeness (QED) is 0.502. The highest BCUT2D eigenvalue weighted by Crippen LogP contribution is 2.35. The topological polar surface area (TPSA) is 98.5 Å². The number of hydrogen-bond donors (Lipinski definition) is 1. The molecule has 0 saturated carbocycles. The van der Waals surface area contributed by atoms with E-state index in [9.17, 15) is 12.8 Å². The molecule has 0 aliphatic rings. The zero-order valence-corrected chi connectivity index (χ0v) is 15.7. The van der Waals surface area contributed by atoms with E-state index in [1.54, 1.807) is 12.1 Å². The second-order valence-electron chi connectivity index (χ2n) is 5.84. The Hall–Kier alpha value is -3.60. The summed E-state index contributed by atoms with van der Waals surface area (Å²) in [5.74, 6) is -2.95. The molecule has 0 fully saturated rings. The van der Waals surface area contributed by atoms with Gasteiger partial charge >= 0.3 is 0 Å². The van der Waals surface area contributed by atoms with Crippen molar-refractivity contribution in [3.05, 3.63) is 66.6 Å². The van der Waals surface area contributed by atoms with Gasteiger partial charge in [-0.2, -0.15) is 14.5 Å². The van der Waals surface area contributed by atoms with Crippen molar-refractivity contribution in [3.8, 4) is 17.1 Å². The summed E-state index contributed by atoms with van der Waals surface area (Å²) in [4.78, 5) is 7.59. The van der Waals surface area contributed by atoms with Crippen molar-refractivity contribution in [3.63, 3.8) is 0 Å². The number of methoxy groups -OCH3 is 1. The van der Waals surface area contributed by atoms with Crippen LogP contribution in [0.1, 0.15) is 0 Å². The van der Waals surface area contributed by atoms with Crippen molar-refractivity contribution in [1.29, 1.82) is 0 Å². The highest BCUT2D eigenvalue weighted by molar-refractivity contribution is 7.92. The Morgan fingerprint density at radius 3 is 2.55 bits per heavy atom. The van der Waals surface area contributed by atoms with Gasteiger partial charge in [-0.1, -0.05) is 18.2 Å². The average Bonchev–Trinajstić information content (AvgIpc) is 3.18. The van der Waals surface area contributed by atoms with Crippen LogP contribution in [0, 0.1) is 11.8 Å².